The van der Waals surface area contributed by atoms with Crippen molar-refractivity contribution in [3.05, 3.63) is 34.1 Å². The Morgan fingerprint density at radius 2 is 2.32 bits per heavy atom. The van der Waals surface area contributed by atoms with Crippen LogP contribution in [0, 0.1) is 17.2 Å². The van der Waals surface area contributed by atoms with Crippen LogP contribution in [0.1, 0.15) is 38.2 Å². The Morgan fingerprint density at radius 1 is 1.58 bits per heavy atom. The number of aliphatic carboxylic acids is 1. The van der Waals surface area contributed by atoms with Crippen LogP contribution < -0.4 is 0 Å². The summed E-state index contributed by atoms with van der Waals surface area (Å²) in [6.07, 6.45) is 3.52. The fourth-order valence-electron chi connectivity index (χ4n) is 3.13. The molecule has 0 aromatic heterocycles. The zero-order valence-corrected chi connectivity index (χ0v) is 12.5. The molecular weight excluding hydrogens is 311 g/mol. The first kappa shape index (κ1) is 14.5. The summed E-state index contributed by atoms with van der Waals surface area (Å²) in [5, 5.41) is 9.59. The minimum Gasteiger partial charge on any atom is -0.481 e. The molecule has 1 aromatic carbocycles. The molecule has 1 aliphatic rings. The minimum absolute atomic E-state index is 0.276. The summed E-state index contributed by atoms with van der Waals surface area (Å²) in [5.41, 5.74) is -0.315. The van der Waals surface area contributed by atoms with Crippen molar-refractivity contribution in [3.8, 4) is 0 Å². The number of carboxylic acid groups (broad SMARTS) is 1. The van der Waals surface area contributed by atoms with E-state index in [0.29, 0.717) is 24.3 Å². The highest BCUT2D eigenvalue weighted by Crippen LogP contribution is 2.42. The van der Waals surface area contributed by atoms with Crippen LogP contribution in [0.3, 0.4) is 0 Å². The molecule has 2 unspecified atom stereocenters. The molecule has 0 aliphatic heterocycles. The van der Waals surface area contributed by atoms with Crippen LogP contribution in [0.5, 0.6) is 0 Å². The van der Waals surface area contributed by atoms with E-state index in [0.717, 1.165) is 17.3 Å². The van der Waals surface area contributed by atoms with Crippen molar-refractivity contribution in [2.45, 2.75) is 39.0 Å². The Labute approximate surface area is 121 Å². The topological polar surface area (TPSA) is 37.3 Å². The quantitative estimate of drug-likeness (QED) is 0.892. The van der Waals surface area contributed by atoms with Gasteiger partial charge in [0, 0.05) is 4.47 Å². The maximum atomic E-state index is 13.8. The summed E-state index contributed by atoms with van der Waals surface area (Å²) < 4.78 is 14.6. The summed E-state index contributed by atoms with van der Waals surface area (Å²) in [7, 11) is 0. The van der Waals surface area contributed by atoms with Crippen molar-refractivity contribution in [1.29, 1.82) is 0 Å². The zero-order chi connectivity index (χ0) is 14.0. The molecule has 0 amide bonds. The highest BCUT2D eigenvalue weighted by Gasteiger charge is 2.42. The summed E-state index contributed by atoms with van der Waals surface area (Å²) in [6.45, 7) is 2.08. The number of carbonyl (C=O) groups is 1. The van der Waals surface area contributed by atoms with Crippen molar-refractivity contribution < 1.29 is 14.3 Å². The molecule has 2 atom stereocenters. The number of benzene rings is 1. The van der Waals surface area contributed by atoms with Crippen LogP contribution >= 0.6 is 15.9 Å². The van der Waals surface area contributed by atoms with E-state index in [1.165, 1.54) is 6.07 Å². The van der Waals surface area contributed by atoms with Gasteiger partial charge in [0.25, 0.3) is 0 Å². The van der Waals surface area contributed by atoms with Gasteiger partial charge in [-0.15, -0.1) is 0 Å². The van der Waals surface area contributed by atoms with Gasteiger partial charge in [-0.2, -0.15) is 0 Å². The average molecular weight is 329 g/mol. The SMILES string of the molecule is CC1CCCC(Cc2cc(Br)ccc2F)(C(=O)O)C1. The largest absolute Gasteiger partial charge is 0.481 e. The van der Waals surface area contributed by atoms with Gasteiger partial charge in [0.15, 0.2) is 0 Å². The van der Waals surface area contributed by atoms with Gasteiger partial charge in [0.2, 0.25) is 0 Å². The highest BCUT2D eigenvalue weighted by atomic mass is 79.9. The number of halogens is 2. The Bertz CT molecular complexity index is 489. The summed E-state index contributed by atoms with van der Waals surface area (Å²) >= 11 is 3.31. The second-order valence-corrected chi connectivity index (χ2v) is 6.62. The molecule has 0 radical (unpaired) electrons. The van der Waals surface area contributed by atoms with Gasteiger partial charge in [0.05, 0.1) is 5.41 Å². The molecule has 0 spiro atoms. The monoisotopic (exact) mass is 328 g/mol. The van der Waals surface area contributed by atoms with E-state index in [9.17, 15) is 14.3 Å². The van der Waals surface area contributed by atoms with Crippen LogP contribution in [0.15, 0.2) is 22.7 Å². The van der Waals surface area contributed by atoms with Gasteiger partial charge >= 0.3 is 5.97 Å². The van der Waals surface area contributed by atoms with Crippen molar-refractivity contribution >= 4 is 21.9 Å². The summed E-state index contributed by atoms with van der Waals surface area (Å²) in [6, 6.07) is 4.72. The van der Waals surface area contributed by atoms with Crippen molar-refractivity contribution in [2.75, 3.05) is 0 Å². The van der Waals surface area contributed by atoms with E-state index in [1.807, 2.05) is 0 Å². The average Bonchev–Trinajstić information content (AvgIpc) is 2.34. The van der Waals surface area contributed by atoms with E-state index < -0.39 is 11.4 Å². The lowest BCUT2D eigenvalue weighted by Gasteiger charge is -2.36. The van der Waals surface area contributed by atoms with Crippen LogP contribution in [0.25, 0.3) is 0 Å². The molecule has 19 heavy (non-hydrogen) atoms. The second-order valence-electron chi connectivity index (χ2n) is 5.70. The molecule has 1 saturated carbocycles. The first-order chi connectivity index (χ1) is 8.93. The highest BCUT2D eigenvalue weighted by molar-refractivity contribution is 9.10. The van der Waals surface area contributed by atoms with Crippen LogP contribution in [0.2, 0.25) is 0 Å². The van der Waals surface area contributed by atoms with Gasteiger partial charge in [-0.05, 0) is 48.9 Å². The van der Waals surface area contributed by atoms with E-state index >= 15 is 0 Å². The third-order valence-corrected chi connectivity index (χ3v) is 4.57. The lowest BCUT2D eigenvalue weighted by molar-refractivity contribution is -0.152. The molecule has 4 heteroatoms. The maximum Gasteiger partial charge on any atom is 0.309 e. The molecule has 0 bridgehead atoms. The Morgan fingerprint density at radius 3 is 2.95 bits per heavy atom. The smallest absolute Gasteiger partial charge is 0.309 e. The van der Waals surface area contributed by atoms with E-state index in [4.69, 9.17) is 0 Å². The number of carboxylic acids is 1. The number of hydrogen-bond donors (Lipinski definition) is 1. The first-order valence-corrected chi connectivity index (χ1v) is 7.39. The molecule has 1 N–H and O–H groups in total. The lowest BCUT2D eigenvalue weighted by Crippen LogP contribution is -2.38. The summed E-state index contributed by atoms with van der Waals surface area (Å²) in [4.78, 5) is 11.7. The van der Waals surface area contributed by atoms with Crippen LogP contribution in [-0.2, 0) is 11.2 Å². The lowest BCUT2D eigenvalue weighted by atomic mass is 9.67. The third-order valence-electron chi connectivity index (χ3n) is 4.08. The molecule has 0 heterocycles. The fourth-order valence-corrected chi connectivity index (χ4v) is 3.54. The molecule has 0 saturated heterocycles. The number of hydrogen-bond acceptors (Lipinski definition) is 1. The van der Waals surface area contributed by atoms with Crippen LogP contribution in [0.4, 0.5) is 4.39 Å². The van der Waals surface area contributed by atoms with Gasteiger partial charge in [-0.3, -0.25) is 4.79 Å². The van der Waals surface area contributed by atoms with Crippen molar-refractivity contribution in [2.24, 2.45) is 11.3 Å². The Kier molecular flexibility index (Phi) is 4.29. The second kappa shape index (κ2) is 5.61. The van der Waals surface area contributed by atoms with Gasteiger partial charge in [0.1, 0.15) is 5.82 Å². The fraction of sp³-hybridized carbons (Fsp3) is 0.533. The predicted octanol–water partition coefficient (Wildman–Crippen LogP) is 4.41. The van der Waals surface area contributed by atoms with Crippen LogP contribution in [-0.4, -0.2) is 11.1 Å². The van der Waals surface area contributed by atoms with E-state index in [-0.39, 0.29) is 12.2 Å². The normalized spacial score (nSPS) is 27.2. The van der Waals surface area contributed by atoms with Crippen molar-refractivity contribution in [3.63, 3.8) is 0 Å². The number of rotatable bonds is 3. The van der Waals surface area contributed by atoms with E-state index in [1.54, 1.807) is 12.1 Å². The first-order valence-electron chi connectivity index (χ1n) is 6.60. The van der Waals surface area contributed by atoms with Crippen molar-refractivity contribution in [1.82, 2.24) is 0 Å². The Balaban J connectivity index is 2.30. The molecule has 2 rings (SSSR count). The van der Waals surface area contributed by atoms with Gasteiger partial charge in [-0.25, -0.2) is 4.39 Å². The van der Waals surface area contributed by atoms with Gasteiger partial charge in [-0.1, -0.05) is 35.7 Å². The zero-order valence-electron chi connectivity index (χ0n) is 11.0. The van der Waals surface area contributed by atoms with E-state index in [2.05, 4.69) is 22.9 Å². The minimum atomic E-state index is -0.806. The standard InChI is InChI=1S/C15H18BrFO2/c1-10-3-2-6-15(8-10,14(18)19)9-11-7-12(16)4-5-13(11)17/h4-5,7,10H,2-3,6,8-9H2,1H3,(H,18,19). The molecule has 1 aliphatic carbocycles. The maximum absolute atomic E-state index is 13.8. The third kappa shape index (κ3) is 3.16. The summed E-state index contributed by atoms with van der Waals surface area (Å²) in [5.74, 6) is -0.722. The molecule has 1 aromatic rings. The Hall–Kier alpha value is -0.900. The van der Waals surface area contributed by atoms with Gasteiger partial charge < -0.3 is 5.11 Å². The predicted molar refractivity (Wildman–Crippen MR) is 75.5 cm³/mol. The molecule has 2 nitrogen and oxygen atoms in total. The molecule has 104 valence electrons. The molecular formula is C15H18BrFO2. The molecule has 1 fully saturated rings.